The fraction of sp³-hybridized carbons (Fsp3) is 0.333. The monoisotopic (exact) mass is 393 g/mol. The van der Waals surface area contributed by atoms with E-state index in [4.69, 9.17) is 4.74 Å². The molecular weight excluding hydrogens is 370 g/mol. The smallest absolute Gasteiger partial charge is 0.325 e. The van der Waals surface area contributed by atoms with Crippen LogP contribution in [-0.4, -0.2) is 50.6 Å². The van der Waals surface area contributed by atoms with Crippen molar-refractivity contribution in [3.8, 4) is 0 Å². The Kier molecular flexibility index (Phi) is 4.92. The summed E-state index contributed by atoms with van der Waals surface area (Å²) in [4.78, 5) is 31.1. The summed E-state index contributed by atoms with van der Waals surface area (Å²) >= 11 is 0. The molecule has 2 unspecified atom stereocenters. The Morgan fingerprint density at radius 3 is 2.97 bits per heavy atom. The lowest BCUT2D eigenvalue weighted by Crippen LogP contribution is -2.44. The Bertz CT molecular complexity index is 1070. The molecule has 0 saturated heterocycles. The van der Waals surface area contributed by atoms with E-state index in [1.165, 1.54) is 6.33 Å². The Labute approximate surface area is 168 Å². The molecule has 3 heterocycles. The van der Waals surface area contributed by atoms with Gasteiger partial charge in [-0.15, -0.1) is 0 Å². The maximum Gasteiger partial charge on any atom is 0.325 e. The standard InChI is InChI=1S/C21H23N5O3/c1-4-29-18(27)11-25-8-7-22-21(25)16-9-13(2)19(14(3)20(16)28)15-5-6-17-23-12-24-26(17)10-15/h5-10,12,14,21-22H,4,11H2,1-3H3. The van der Waals surface area contributed by atoms with E-state index < -0.39 is 0 Å². The van der Waals surface area contributed by atoms with Crippen molar-refractivity contribution in [1.29, 1.82) is 0 Å². The minimum absolute atomic E-state index is 0.0272. The normalized spacial score (nSPS) is 21.6. The lowest BCUT2D eigenvalue weighted by atomic mass is 9.79. The highest BCUT2D eigenvalue weighted by Crippen LogP contribution is 2.36. The van der Waals surface area contributed by atoms with Crippen LogP contribution in [0.3, 0.4) is 0 Å². The van der Waals surface area contributed by atoms with Crippen LogP contribution in [0.1, 0.15) is 26.3 Å². The van der Waals surface area contributed by atoms with Gasteiger partial charge in [0.2, 0.25) is 0 Å². The fourth-order valence-corrected chi connectivity index (χ4v) is 3.95. The van der Waals surface area contributed by atoms with Crippen molar-refractivity contribution in [3.05, 3.63) is 59.8 Å². The van der Waals surface area contributed by atoms with Crippen molar-refractivity contribution >= 4 is 23.0 Å². The van der Waals surface area contributed by atoms with Crippen LogP contribution >= 0.6 is 0 Å². The highest BCUT2D eigenvalue weighted by Gasteiger charge is 2.35. The van der Waals surface area contributed by atoms with Crippen LogP contribution in [0.4, 0.5) is 0 Å². The molecule has 0 radical (unpaired) electrons. The number of carbonyl (C=O) groups is 2. The third-order valence-corrected chi connectivity index (χ3v) is 5.26. The number of hydrogen-bond acceptors (Lipinski definition) is 7. The number of carbonyl (C=O) groups excluding carboxylic acids is 2. The zero-order valence-electron chi connectivity index (χ0n) is 16.6. The number of nitrogens with zero attached hydrogens (tertiary/aromatic N) is 4. The first-order valence-electron chi connectivity index (χ1n) is 9.60. The van der Waals surface area contributed by atoms with Crippen LogP contribution in [0.15, 0.2) is 54.3 Å². The van der Waals surface area contributed by atoms with Gasteiger partial charge < -0.3 is 15.0 Å². The molecule has 2 aromatic rings. The maximum atomic E-state index is 13.3. The summed E-state index contributed by atoms with van der Waals surface area (Å²) in [5, 5.41) is 7.36. The molecule has 150 valence electrons. The number of pyridine rings is 1. The van der Waals surface area contributed by atoms with Gasteiger partial charge in [0.25, 0.3) is 0 Å². The molecule has 2 aromatic heterocycles. The summed E-state index contributed by atoms with van der Waals surface area (Å²) in [6, 6.07) is 3.86. The molecule has 2 atom stereocenters. The first-order valence-corrected chi connectivity index (χ1v) is 9.60. The van der Waals surface area contributed by atoms with Gasteiger partial charge in [-0.25, -0.2) is 9.50 Å². The van der Waals surface area contributed by atoms with Gasteiger partial charge in [-0.05, 0) is 48.8 Å². The highest BCUT2D eigenvalue weighted by molar-refractivity contribution is 6.08. The zero-order valence-corrected chi connectivity index (χ0v) is 16.6. The van der Waals surface area contributed by atoms with Crippen LogP contribution in [0, 0.1) is 5.92 Å². The van der Waals surface area contributed by atoms with E-state index in [9.17, 15) is 9.59 Å². The molecular formula is C21H23N5O3. The van der Waals surface area contributed by atoms with Gasteiger partial charge in [0, 0.05) is 30.1 Å². The SMILES string of the molecule is CCOC(=O)CN1C=CNC1C1=CC(C)=C(c2ccc3ncnn3c2)C(C)C1=O. The van der Waals surface area contributed by atoms with E-state index in [-0.39, 0.29) is 30.4 Å². The van der Waals surface area contributed by atoms with Gasteiger partial charge in [0.1, 0.15) is 19.0 Å². The van der Waals surface area contributed by atoms with Crippen LogP contribution in [0.5, 0.6) is 0 Å². The van der Waals surface area contributed by atoms with Crippen molar-refractivity contribution in [2.24, 2.45) is 5.92 Å². The minimum Gasteiger partial charge on any atom is -0.465 e. The van der Waals surface area contributed by atoms with Gasteiger partial charge in [0.15, 0.2) is 11.4 Å². The van der Waals surface area contributed by atoms with Crippen molar-refractivity contribution in [2.75, 3.05) is 13.2 Å². The second-order valence-corrected chi connectivity index (χ2v) is 7.13. The number of nitrogens with one attached hydrogen (secondary N) is 1. The van der Waals surface area contributed by atoms with Crippen molar-refractivity contribution in [3.63, 3.8) is 0 Å². The number of hydrogen-bond donors (Lipinski definition) is 1. The predicted octanol–water partition coefficient (Wildman–Crippen LogP) is 1.91. The first-order chi connectivity index (χ1) is 14.0. The molecule has 0 amide bonds. The quantitative estimate of drug-likeness (QED) is 0.776. The summed E-state index contributed by atoms with van der Waals surface area (Å²) in [6.45, 7) is 6.10. The second-order valence-electron chi connectivity index (χ2n) is 7.13. The largest absolute Gasteiger partial charge is 0.465 e. The lowest BCUT2D eigenvalue weighted by Gasteiger charge is -2.31. The third-order valence-electron chi connectivity index (χ3n) is 5.26. The van der Waals surface area contributed by atoms with E-state index in [1.54, 1.807) is 28.7 Å². The average molecular weight is 393 g/mol. The van der Waals surface area contributed by atoms with E-state index in [0.29, 0.717) is 12.2 Å². The minimum atomic E-state index is -0.386. The molecule has 0 aromatic carbocycles. The van der Waals surface area contributed by atoms with Crippen molar-refractivity contribution in [2.45, 2.75) is 26.9 Å². The summed E-state index contributed by atoms with van der Waals surface area (Å²) < 4.78 is 6.75. The summed E-state index contributed by atoms with van der Waals surface area (Å²) in [5.74, 6) is -0.612. The Morgan fingerprint density at radius 1 is 1.34 bits per heavy atom. The Balaban J connectivity index is 1.66. The van der Waals surface area contributed by atoms with Gasteiger partial charge in [-0.1, -0.05) is 6.92 Å². The van der Waals surface area contributed by atoms with Crippen LogP contribution in [0.2, 0.25) is 0 Å². The number of rotatable bonds is 5. The van der Waals surface area contributed by atoms with E-state index in [2.05, 4.69) is 15.4 Å². The van der Waals surface area contributed by atoms with Gasteiger partial charge in [-0.2, -0.15) is 5.10 Å². The Morgan fingerprint density at radius 2 is 2.17 bits per heavy atom. The molecule has 0 bridgehead atoms. The van der Waals surface area contributed by atoms with E-state index in [1.807, 2.05) is 38.3 Å². The van der Waals surface area contributed by atoms with E-state index in [0.717, 1.165) is 22.4 Å². The molecule has 8 nitrogen and oxygen atoms in total. The van der Waals surface area contributed by atoms with Crippen LogP contribution in [-0.2, 0) is 14.3 Å². The maximum absolute atomic E-state index is 13.3. The molecule has 0 spiro atoms. The topological polar surface area (TPSA) is 88.8 Å². The zero-order chi connectivity index (χ0) is 20.5. The summed E-state index contributed by atoms with van der Waals surface area (Å²) in [5.41, 5.74) is 4.32. The van der Waals surface area contributed by atoms with Crippen LogP contribution < -0.4 is 5.32 Å². The summed E-state index contributed by atoms with van der Waals surface area (Å²) in [6.07, 6.45) is 8.44. The number of Topliss-reactive ketones (excluding diaryl/α,β-unsaturated/α-hetero) is 1. The van der Waals surface area contributed by atoms with Crippen LogP contribution in [0.25, 0.3) is 11.2 Å². The molecule has 29 heavy (non-hydrogen) atoms. The average Bonchev–Trinajstić information content (AvgIpc) is 3.34. The first kappa shape index (κ1) is 18.9. The number of allylic oxidation sites excluding steroid dienone is 3. The fourth-order valence-electron chi connectivity index (χ4n) is 3.95. The summed E-state index contributed by atoms with van der Waals surface area (Å²) in [7, 11) is 0. The molecule has 1 aliphatic carbocycles. The number of fused-ring (bicyclic) bond motifs is 1. The molecule has 2 aliphatic rings. The number of aromatic nitrogens is 3. The second kappa shape index (κ2) is 7.54. The van der Waals surface area contributed by atoms with Gasteiger partial charge in [0.05, 0.1) is 6.61 Å². The van der Waals surface area contributed by atoms with E-state index >= 15 is 0 Å². The van der Waals surface area contributed by atoms with Crippen molar-refractivity contribution < 1.29 is 14.3 Å². The number of ether oxygens (including phenoxy) is 1. The molecule has 0 fully saturated rings. The number of ketones is 1. The number of esters is 1. The lowest BCUT2D eigenvalue weighted by molar-refractivity contribution is -0.144. The predicted molar refractivity (Wildman–Crippen MR) is 107 cm³/mol. The van der Waals surface area contributed by atoms with Crippen molar-refractivity contribution in [1.82, 2.24) is 24.8 Å². The molecule has 4 rings (SSSR count). The van der Waals surface area contributed by atoms with Gasteiger partial charge >= 0.3 is 5.97 Å². The van der Waals surface area contributed by atoms with Gasteiger partial charge in [-0.3, -0.25) is 9.59 Å². The molecule has 1 N–H and O–H groups in total. The Hall–Kier alpha value is -3.42. The highest BCUT2D eigenvalue weighted by atomic mass is 16.5. The molecule has 8 heteroatoms. The molecule has 1 aliphatic heterocycles. The molecule has 0 saturated carbocycles. The third kappa shape index (κ3) is 3.41.